The standard InChI is InChI=1S/C46H51F2N7O7/c1-24(2)37(52-43(59)61-5)40(56)54-17-8-11-36(54)39-49-23-35(51-39)28-13-15-32-31-14-12-27(20-33(31)46(47,48)34(32)21-28)26-9-7-10-30(19-26)50-42(58)45-22-29(45)16-18-55(45)41(57)38(25(3)4)53-44(60)62-6/h7,9-10,12-15,19-21,23-25,29,36-38H,8,11,16-18,22H2,1-6H3,(H,49,51)(H,50,58)(H,52,59)(H,53,60)/t29?,36-,37?,38-,45?/m0/s1. The van der Waals surface area contributed by atoms with Gasteiger partial charge in [-0.25, -0.2) is 14.6 Å². The summed E-state index contributed by atoms with van der Waals surface area (Å²) in [7, 11) is 2.47. The zero-order chi connectivity index (χ0) is 44.2. The topological polar surface area (TPSA) is 175 Å². The molecule has 4 aromatic rings. The third-order valence-corrected chi connectivity index (χ3v) is 12.9. The van der Waals surface area contributed by atoms with Gasteiger partial charge in [0.2, 0.25) is 11.8 Å². The molecule has 5 amide bonds. The molecule has 2 aliphatic carbocycles. The fourth-order valence-corrected chi connectivity index (χ4v) is 9.48. The largest absolute Gasteiger partial charge is 0.453 e. The number of piperidine rings is 1. The second kappa shape index (κ2) is 16.2. The second-order valence-electron chi connectivity index (χ2n) is 17.3. The lowest BCUT2D eigenvalue weighted by atomic mass is 9.98. The summed E-state index contributed by atoms with van der Waals surface area (Å²) in [6.45, 7) is 8.18. The summed E-state index contributed by atoms with van der Waals surface area (Å²) in [5, 5.41) is 8.25. The summed E-state index contributed by atoms with van der Waals surface area (Å²) >= 11 is 0. The zero-order valence-corrected chi connectivity index (χ0v) is 35.5. The number of halogens is 2. The third kappa shape index (κ3) is 7.32. The normalized spacial score (nSPS) is 21.5. The van der Waals surface area contributed by atoms with Crippen LogP contribution in [-0.2, 0) is 29.8 Å². The van der Waals surface area contributed by atoms with Crippen LogP contribution in [-0.4, -0.2) is 94.6 Å². The number of likely N-dealkylation sites (tertiary alicyclic amines) is 2. The lowest BCUT2D eigenvalue weighted by molar-refractivity contribution is -0.141. The number of anilines is 1. The molecule has 5 atom stereocenters. The molecular weight excluding hydrogens is 801 g/mol. The minimum Gasteiger partial charge on any atom is -0.453 e. The summed E-state index contributed by atoms with van der Waals surface area (Å²) in [4.78, 5) is 76.5. The number of alkyl halides is 2. The Morgan fingerprint density at radius 2 is 1.40 bits per heavy atom. The molecule has 3 heterocycles. The molecular formula is C46H51F2N7O7. The number of H-pyrrole nitrogens is 1. The van der Waals surface area contributed by atoms with E-state index in [0.717, 1.165) is 6.42 Å². The molecule has 0 bridgehead atoms. The van der Waals surface area contributed by atoms with Gasteiger partial charge in [-0.1, -0.05) is 64.1 Å². The van der Waals surface area contributed by atoms with Crippen LogP contribution in [0.4, 0.5) is 24.1 Å². The van der Waals surface area contributed by atoms with Gasteiger partial charge in [0.1, 0.15) is 23.4 Å². The number of rotatable bonds is 11. The average molecular weight is 852 g/mol. The van der Waals surface area contributed by atoms with Crippen molar-refractivity contribution in [3.8, 4) is 33.5 Å². The first-order chi connectivity index (χ1) is 29.6. The summed E-state index contributed by atoms with van der Waals surface area (Å²) in [6, 6.07) is 14.9. The third-order valence-electron chi connectivity index (χ3n) is 12.9. The number of aromatic amines is 1. The summed E-state index contributed by atoms with van der Waals surface area (Å²) in [6.07, 6.45) is 2.73. The van der Waals surface area contributed by atoms with Crippen LogP contribution in [0.3, 0.4) is 0 Å². The molecule has 3 fully saturated rings. The highest BCUT2D eigenvalue weighted by molar-refractivity contribution is 6.05. The highest BCUT2D eigenvalue weighted by Gasteiger charge is 2.69. The van der Waals surface area contributed by atoms with Crippen LogP contribution in [0, 0.1) is 17.8 Å². The molecule has 4 aliphatic rings. The molecule has 14 nitrogen and oxygen atoms in total. The van der Waals surface area contributed by atoms with Crippen molar-refractivity contribution in [1.29, 1.82) is 0 Å². The van der Waals surface area contributed by atoms with E-state index in [2.05, 4.69) is 25.9 Å². The van der Waals surface area contributed by atoms with Gasteiger partial charge < -0.3 is 40.2 Å². The lowest BCUT2D eigenvalue weighted by Crippen LogP contribution is -2.56. The number of carbonyl (C=O) groups excluding carboxylic acids is 5. The molecule has 0 radical (unpaired) electrons. The maximum Gasteiger partial charge on any atom is 0.407 e. The van der Waals surface area contributed by atoms with Crippen molar-refractivity contribution in [2.45, 2.75) is 83.0 Å². The molecule has 326 valence electrons. The highest BCUT2D eigenvalue weighted by atomic mass is 19.3. The SMILES string of the molecule is COC(=O)NC(C(=O)N1CCC[C@H]1c1ncc(-c2ccc3c(c2)C(F)(F)c2cc(-c4cccc(NC(=O)C56CC5CCN6C(=O)[C@@H](NC(=O)OC)C(C)C)c4)ccc2-3)[nH]1)C(C)C. The number of ether oxygens (including phenoxy) is 2. The van der Waals surface area contributed by atoms with Crippen LogP contribution in [0.25, 0.3) is 33.5 Å². The van der Waals surface area contributed by atoms with E-state index in [4.69, 9.17) is 9.47 Å². The maximum atomic E-state index is 16.5. The maximum absolute atomic E-state index is 16.5. The fraction of sp³-hybridized carbons (Fsp3) is 0.435. The highest BCUT2D eigenvalue weighted by Crippen LogP contribution is 2.57. The van der Waals surface area contributed by atoms with Crippen molar-refractivity contribution in [2.75, 3.05) is 32.6 Å². The van der Waals surface area contributed by atoms with Gasteiger partial charge in [-0.15, -0.1) is 0 Å². The Hall–Kier alpha value is -6.32. The van der Waals surface area contributed by atoms with Crippen LogP contribution in [0.1, 0.15) is 76.4 Å². The first kappa shape index (κ1) is 42.4. The predicted molar refractivity (Wildman–Crippen MR) is 226 cm³/mol. The van der Waals surface area contributed by atoms with Gasteiger partial charge in [0.25, 0.3) is 11.8 Å². The number of amides is 5. The molecule has 4 N–H and O–H groups in total. The predicted octanol–water partition coefficient (Wildman–Crippen LogP) is 7.22. The van der Waals surface area contributed by atoms with Crippen LogP contribution < -0.4 is 16.0 Å². The summed E-state index contributed by atoms with van der Waals surface area (Å²) in [5.41, 5.74) is 2.19. The number of benzene rings is 3. The van der Waals surface area contributed by atoms with E-state index in [1.165, 1.54) is 26.4 Å². The number of imidazole rings is 1. The Morgan fingerprint density at radius 3 is 2.03 bits per heavy atom. The van der Waals surface area contributed by atoms with E-state index < -0.39 is 35.7 Å². The molecule has 2 saturated heterocycles. The van der Waals surface area contributed by atoms with Crippen molar-refractivity contribution in [3.05, 3.63) is 83.8 Å². The van der Waals surface area contributed by atoms with Crippen molar-refractivity contribution in [3.63, 3.8) is 0 Å². The van der Waals surface area contributed by atoms with Crippen LogP contribution in [0.15, 0.2) is 66.9 Å². The van der Waals surface area contributed by atoms with Crippen LogP contribution in [0.5, 0.6) is 0 Å². The van der Waals surface area contributed by atoms with Gasteiger partial charge in [-0.05, 0) is 90.0 Å². The van der Waals surface area contributed by atoms with E-state index >= 15 is 8.78 Å². The van der Waals surface area contributed by atoms with Crippen molar-refractivity contribution in [1.82, 2.24) is 30.4 Å². The first-order valence-electron chi connectivity index (χ1n) is 21.0. The Kier molecular flexibility index (Phi) is 11.1. The quantitative estimate of drug-likeness (QED) is 0.122. The van der Waals surface area contributed by atoms with E-state index in [9.17, 15) is 24.0 Å². The van der Waals surface area contributed by atoms with Gasteiger partial charge in [0.15, 0.2) is 0 Å². The molecule has 1 aromatic heterocycles. The van der Waals surface area contributed by atoms with E-state index in [-0.39, 0.29) is 52.6 Å². The number of methoxy groups -OCH3 is 2. The minimum atomic E-state index is -3.33. The number of fused-ring (bicyclic) bond motifs is 4. The van der Waals surface area contributed by atoms with Gasteiger partial charge >= 0.3 is 12.2 Å². The smallest absolute Gasteiger partial charge is 0.407 e. The fourth-order valence-electron chi connectivity index (χ4n) is 9.48. The van der Waals surface area contributed by atoms with Gasteiger partial charge in [-0.2, -0.15) is 8.78 Å². The average Bonchev–Trinajstić information content (AvgIpc) is 3.70. The van der Waals surface area contributed by atoms with Gasteiger partial charge in [0.05, 0.1) is 32.2 Å². The molecule has 16 heteroatoms. The molecule has 8 rings (SSSR count). The molecule has 3 unspecified atom stereocenters. The van der Waals surface area contributed by atoms with E-state index in [1.54, 1.807) is 64.5 Å². The lowest BCUT2D eigenvalue weighted by Gasteiger charge is -2.32. The summed E-state index contributed by atoms with van der Waals surface area (Å²) < 4.78 is 42.5. The molecule has 0 spiro atoms. The Balaban J connectivity index is 0.987. The zero-order valence-electron chi connectivity index (χ0n) is 35.5. The van der Waals surface area contributed by atoms with Gasteiger partial charge in [0, 0.05) is 35.5 Å². The van der Waals surface area contributed by atoms with Crippen LogP contribution in [0.2, 0.25) is 0 Å². The van der Waals surface area contributed by atoms with Crippen molar-refractivity contribution < 1.29 is 42.2 Å². The number of alkyl carbamates (subject to hydrolysis) is 2. The minimum absolute atomic E-state index is 0.00819. The van der Waals surface area contributed by atoms with Crippen molar-refractivity contribution >= 4 is 35.6 Å². The van der Waals surface area contributed by atoms with E-state index in [0.29, 0.717) is 77.4 Å². The van der Waals surface area contributed by atoms with Crippen molar-refractivity contribution in [2.24, 2.45) is 17.8 Å². The van der Waals surface area contributed by atoms with Gasteiger partial charge in [-0.3, -0.25) is 14.4 Å². The molecule has 2 aliphatic heterocycles. The Morgan fingerprint density at radius 1 is 0.790 bits per heavy atom. The number of hydrogen-bond acceptors (Lipinski definition) is 8. The Labute approximate surface area is 358 Å². The molecule has 1 saturated carbocycles. The number of nitrogens with one attached hydrogen (secondary N) is 4. The monoisotopic (exact) mass is 851 g/mol. The van der Waals surface area contributed by atoms with Crippen LogP contribution >= 0.6 is 0 Å². The molecule has 62 heavy (non-hydrogen) atoms. The Bertz CT molecular complexity index is 2450. The number of carbonyl (C=O) groups is 5. The summed E-state index contributed by atoms with van der Waals surface area (Å²) in [5.74, 6) is -4.15. The number of hydrogen-bond donors (Lipinski definition) is 4. The number of aromatic nitrogens is 2. The van der Waals surface area contributed by atoms with E-state index in [1.807, 2.05) is 27.7 Å². The first-order valence-corrected chi connectivity index (χ1v) is 21.0. The number of nitrogens with zero attached hydrogens (tertiary/aromatic N) is 3. The second-order valence-corrected chi connectivity index (χ2v) is 17.3. The molecule has 3 aromatic carbocycles.